The molecule has 2 atom stereocenters. The van der Waals surface area contributed by atoms with Crippen LogP contribution in [0.3, 0.4) is 0 Å². The second-order valence-corrected chi connectivity index (χ2v) is 11.2. The van der Waals surface area contributed by atoms with Crippen molar-refractivity contribution >= 4 is 27.5 Å². The molecule has 1 aliphatic carbocycles. The van der Waals surface area contributed by atoms with Crippen LogP contribution in [-0.2, 0) is 23.7 Å². The minimum absolute atomic E-state index is 0.0431. The molecule has 2 heterocycles. The van der Waals surface area contributed by atoms with Gasteiger partial charge >= 0.3 is 17.2 Å². The molecule has 2 aromatic carbocycles. The van der Waals surface area contributed by atoms with Gasteiger partial charge in [0.05, 0.1) is 26.8 Å². The highest BCUT2D eigenvalue weighted by atomic mass is 32.1. The molecule has 0 spiro atoms. The molecule has 0 radical (unpaired) electrons. The summed E-state index contributed by atoms with van der Waals surface area (Å²) in [5.74, 6) is -1.27. The van der Waals surface area contributed by atoms with Crippen molar-refractivity contribution in [3.8, 4) is 0 Å². The van der Waals surface area contributed by atoms with Crippen molar-refractivity contribution in [1.82, 2.24) is 15.6 Å². The molecule has 210 valence electrons. The van der Waals surface area contributed by atoms with Crippen LogP contribution >= 0.6 is 11.3 Å². The number of nitrogens with one attached hydrogen (secondary N) is 3. The molecule has 1 amide bonds. The van der Waals surface area contributed by atoms with E-state index in [0.29, 0.717) is 47.7 Å². The zero-order valence-electron chi connectivity index (χ0n) is 20.4. The van der Waals surface area contributed by atoms with Gasteiger partial charge in [0, 0.05) is 19.0 Å². The molecule has 5 nitrogen and oxygen atoms in total. The number of thiazole rings is 1. The third kappa shape index (κ3) is 5.56. The Balaban J connectivity index is 1.50. The molecule has 1 aromatic heterocycles. The van der Waals surface area contributed by atoms with Gasteiger partial charge in [0.15, 0.2) is 0 Å². The highest BCUT2D eigenvalue weighted by molar-refractivity contribution is 7.16. The van der Waals surface area contributed by atoms with E-state index in [1.54, 1.807) is 6.07 Å². The number of fused-ring (bicyclic) bond motifs is 1. The molecule has 39 heavy (non-hydrogen) atoms. The minimum Gasteiger partial charge on any atom is -0.351 e. The van der Waals surface area contributed by atoms with Gasteiger partial charge in [-0.2, -0.15) is 26.3 Å². The lowest BCUT2D eigenvalue weighted by molar-refractivity contribution is -0.143. The zero-order valence-corrected chi connectivity index (χ0v) is 21.2. The Bertz CT molecular complexity index is 1420. The van der Waals surface area contributed by atoms with Crippen LogP contribution in [0.1, 0.15) is 53.9 Å². The molecule has 1 saturated heterocycles. The van der Waals surface area contributed by atoms with Crippen molar-refractivity contribution in [3.05, 3.63) is 68.1 Å². The largest absolute Gasteiger partial charge is 0.416 e. The number of benzene rings is 2. The third-order valence-corrected chi connectivity index (χ3v) is 8.54. The molecule has 3 aromatic rings. The first kappa shape index (κ1) is 27.6. The van der Waals surface area contributed by atoms with E-state index in [9.17, 15) is 40.3 Å². The molecule has 2 aliphatic rings. The molecular weight excluding hydrogens is 551 g/mol. The summed E-state index contributed by atoms with van der Waals surface area (Å²) in [6.45, 7) is 0.134. The van der Waals surface area contributed by atoms with Gasteiger partial charge in [-0.25, -0.2) is 4.39 Å². The smallest absolute Gasteiger partial charge is 0.351 e. The lowest BCUT2D eigenvalue weighted by atomic mass is 9.68. The van der Waals surface area contributed by atoms with E-state index in [0.717, 1.165) is 24.2 Å². The Hall–Kier alpha value is -2.93. The summed E-state index contributed by atoms with van der Waals surface area (Å²) in [5.41, 5.74) is -3.68. The van der Waals surface area contributed by atoms with Gasteiger partial charge in [-0.05, 0) is 60.7 Å². The number of hydrogen-bond donors (Lipinski definition) is 3. The fraction of sp³-hybridized carbons (Fsp3) is 0.462. The minimum atomic E-state index is -5.00. The van der Waals surface area contributed by atoms with Crippen molar-refractivity contribution in [3.63, 3.8) is 0 Å². The van der Waals surface area contributed by atoms with Gasteiger partial charge in [0.1, 0.15) is 5.82 Å². The van der Waals surface area contributed by atoms with Gasteiger partial charge in [-0.15, -0.1) is 0 Å². The number of rotatable bonds is 7. The highest BCUT2D eigenvalue weighted by Crippen LogP contribution is 2.51. The Morgan fingerprint density at radius 2 is 1.74 bits per heavy atom. The SMILES string of the molecule is O=C(NCc1cc(C(F)(F)F)cc(C(F)(F)F)c1)C1(C(CC2CC2)c2ccc(F)c3[nH]c(=O)sc23)CCNC1. The van der Waals surface area contributed by atoms with Crippen LogP contribution in [-0.4, -0.2) is 24.0 Å². The summed E-state index contributed by atoms with van der Waals surface area (Å²) in [4.78, 5) is 27.9. The van der Waals surface area contributed by atoms with E-state index in [-0.39, 0.29) is 23.7 Å². The topological polar surface area (TPSA) is 74.0 Å². The Kier molecular flexibility index (Phi) is 7.03. The summed E-state index contributed by atoms with van der Waals surface area (Å²) >= 11 is 0.840. The predicted molar refractivity (Wildman–Crippen MR) is 131 cm³/mol. The van der Waals surface area contributed by atoms with E-state index < -0.39 is 58.0 Å². The first-order valence-corrected chi connectivity index (χ1v) is 13.2. The van der Waals surface area contributed by atoms with Crippen molar-refractivity contribution < 1.29 is 35.5 Å². The zero-order chi connectivity index (χ0) is 28.2. The number of alkyl halides is 6. The summed E-state index contributed by atoms with van der Waals surface area (Å²) in [6, 6.07) is 4.02. The summed E-state index contributed by atoms with van der Waals surface area (Å²) in [6.07, 6.45) is -7.19. The summed E-state index contributed by atoms with van der Waals surface area (Å²) in [5, 5.41) is 5.75. The standard InChI is InChI=1S/C26H24F7N3O2S/c27-19-4-3-17(21-20(19)36-23(38)39-21)18(9-13-1-2-13)24(5-6-34-12-24)22(37)35-11-14-7-15(25(28,29)30)10-16(8-14)26(31,32)33/h3-4,7-8,10,13,18,34H,1-2,5-6,9,11-12H2,(H,35,37)(H,36,38). The Labute approximate surface area is 221 Å². The number of amides is 1. The maximum atomic E-state index is 14.5. The molecule has 1 aliphatic heterocycles. The molecule has 5 rings (SSSR count). The maximum absolute atomic E-state index is 14.5. The Morgan fingerprint density at radius 1 is 1.08 bits per heavy atom. The van der Waals surface area contributed by atoms with E-state index in [1.165, 1.54) is 6.07 Å². The Morgan fingerprint density at radius 3 is 2.31 bits per heavy atom. The van der Waals surface area contributed by atoms with Crippen LogP contribution < -0.4 is 15.5 Å². The fourth-order valence-corrected chi connectivity index (χ4v) is 6.39. The number of hydrogen-bond acceptors (Lipinski definition) is 4. The lowest BCUT2D eigenvalue weighted by Crippen LogP contribution is -2.46. The van der Waals surface area contributed by atoms with Gasteiger partial charge in [-0.1, -0.05) is 30.2 Å². The molecule has 3 N–H and O–H groups in total. The molecule has 13 heteroatoms. The van der Waals surface area contributed by atoms with Crippen molar-refractivity contribution in [2.75, 3.05) is 13.1 Å². The first-order chi connectivity index (χ1) is 18.3. The highest BCUT2D eigenvalue weighted by Gasteiger charge is 2.50. The predicted octanol–water partition coefficient (Wildman–Crippen LogP) is 5.95. The van der Waals surface area contributed by atoms with Gasteiger partial charge in [0.25, 0.3) is 0 Å². The van der Waals surface area contributed by atoms with E-state index in [1.807, 2.05) is 0 Å². The van der Waals surface area contributed by atoms with Crippen LogP contribution in [0.2, 0.25) is 0 Å². The second-order valence-electron chi connectivity index (χ2n) is 10.3. The summed E-state index contributed by atoms with van der Waals surface area (Å²) in [7, 11) is 0. The van der Waals surface area contributed by atoms with Crippen molar-refractivity contribution in [1.29, 1.82) is 0 Å². The number of H-pyrrole nitrogens is 1. The quantitative estimate of drug-likeness (QED) is 0.305. The second kappa shape index (κ2) is 9.92. The average Bonchev–Trinajstić information content (AvgIpc) is 3.38. The van der Waals surface area contributed by atoms with Gasteiger partial charge in [-0.3, -0.25) is 9.59 Å². The van der Waals surface area contributed by atoms with Crippen LogP contribution in [0.4, 0.5) is 30.7 Å². The van der Waals surface area contributed by atoms with Gasteiger partial charge in [0.2, 0.25) is 5.91 Å². The number of carbonyl (C=O) groups excluding carboxylic acids is 1. The molecule has 2 unspecified atom stereocenters. The molecule has 0 bridgehead atoms. The summed E-state index contributed by atoms with van der Waals surface area (Å²) < 4.78 is 94.7. The van der Waals surface area contributed by atoms with E-state index >= 15 is 0 Å². The van der Waals surface area contributed by atoms with Crippen molar-refractivity contribution in [2.45, 2.75) is 50.5 Å². The normalized spacial score (nSPS) is 20.9. The first-order valence-electron chi connectivity index (χ1n) is 12.4. The number of aromatic amines is 1. The van der Waals surface area contributed by atoms with Crippen LogP contribution in [0.5, 0.6) is 0 Å². The van der Waals surface area contributed by atoms with Crippen LogP contribution in [0, 0.1) is 17.2 Å². The van der Waals surface area contributed by atoms with Gasteiger partial charge < -0.3 is 15.6 Å². The van der Waals surface area contributed by atoms with Crippen molar-refractivity contribution in [2.24, 2.45) is 11.3 Å². The van der Waals surface area contributed by atoms with Crippen LogP contribution in [0.25, 0.3) is 10.2 Å². The molecule has 1 saturated carbocycles. The van der Waals surface area contributed by atoms with Crippen LogP contribution in [0.15, 0.2) is 35.1 Å². The fourth-order valence-electron chi connectivity index (χ4n) is 5.47. The molecular formula is C26H24F7N3O2S. The molecule has 2 fully saturated rings. The number of carbonyl (C=O) groups is 1. The maximum Gasteiger partial charge on any atom is 0.416 e. The lowest BCUT2D eigenvalue weighted by Gasteiger charge is -2.36. The third-order valence-electron chi connectivity index (χ3n) is 7.61. The van der Waals surface area contributed by atoms with E-state index in [2.05, 4.69) is 15.6 Å². The number of aromatic nitrogens is 1. The monoisotopic (exact) mass is 575 g/mol. The average molecular weight is 576 g/mol. The number of halogens is 7. The van der Waals surface area contributed by atoms with E-state index in [4.69, 9.17) is 0 Å².